The van der Waals surface area contributed by atoms with Crippen molar-refractivity contribution < 1.29 is 9.13 Å². The van der Waals surface area contributed by atoms with E-state index in [1.807, 2.05) is 6.07 Å². The van der Waals surface area contributed by atoms with E-state index in [-0.39, 0.29) is 11.4 Å². The van der Waals surface area contributed by atoms with Gasteiger partial charge in [0.1, 0.15) is 29.3 Å². The summed E-state index contributed by atoms with van der Waals surface area (Å²) in [5.41, 5.74) is 6.76. The fourth-order valence-electron chi connectivity index (χ4n) is 1.82. The normalized spacial score (nSPS) is 11.6. The van der Waals surface area contributed by atoms with Crippen molar-refractivity contribution in [1.82, 2.24) is 0 Å². The molecule has 4 heteroatoms. The molecule has 0 saturated heterocycles. The van der Waals surface area contributed by atoms with E-state index in [1.165, 1.54) is 6.07 Å². The molecule has 2 aromatic rings. The second-order valence-corrected chi connectivity index (χ2v) is 4.11. The van der Waals surface area contributed by atoms with Crippen LogP contribution < -0.4 is 10.5 Å². The van der Waals surface area contributed by atoms with E-state index in [9.17, 15) is 4.39 Å². The van der Waals surface area contributed by atoms with Crippen molar-refractivity contribution in [2.45, 2.75) is 13.0 Å². The first kappa shape index (κ1) is 12.9. The van der Waals surface area contributed by atoms with E-state index in [0.717, 1.165) is 0 Å². The van der Waals surface area contributed by atoms with Crippen molar-refractivity contribution in [1.29, 1.82) is 5.26 Å². The molecule has 0 spiro atoms. The largest absolute Gasteiger partial charge is 0.484 e. The molecule has 3 nitrogen and oxygen atoms in total. The number of ether oxygens (including phenoxy) is 1. The Balaban J connectivity index is 2.30. The summed E-state index contributed by atoms with van der Waals surface area (Å²) in [5, 5.41) is 9.05. The highest BCUT2D eigenvalue weighted by Gasteiger charge is 2.14. The van der Waals surface area contributed by atoms with Crippen LogP contribution in [0.15, 0.2) is 42.5 Å². The summed E-state index contributed by atoms with van der Waals surface area (Å²) in [5.74, 6) is 0.0238. The lowest BCUT2D eigenvalue weighted by atomic mass is 10.1. The minimum atomic E-state index is -0.505. The van der Waals surface area contributed by atoms with Gasteiger partial charge >= 0.3 is 0 Å². The average Bonchev–Trinajstić information content (AvgIpc) is 2.39. The van der Waals surface area contributed by atoms with E-state index in [2.05, 4.69) is 0 Å². The van der Waals surface area contributed by atoms with Gasteiger partial charge < -0.3 is 10.5 Å². The van der Waals surface area contributed by atoms with Crippen molar-refractivity contribution in [2.75, 3.05) is 5.73 Å². The molecule has 0 fully saturated rings. The molecule has 2 N–H and O–H groups in total. The summed E-state index contributed by atoms with van der Waals surface area (Å²) in [6, 6.07) is 13.3. The molecule has 96 valence electrons. The van der Waals surface area contributed by atoms with Gasteiger partial charge in [-0.3, -0.25) is 0 Å². The van der Waals surface area contributed by atoms with Crippen molar-refractivity contribution in [3.63, 3.8) is 0 Å². The van der Waals surface area contributed by atoms with Crippen LogP contribution in [0.5, 0.6) is 5.75 Å². The number of nitrogens with zero attached hydrogens (tertiary/aromatic N) is 1. The third-order valence-electron chi connectivity index (χ3n) is 2.82. The van der Waals surface area contributed by atoms with E-state index in [0.29, 0.717) is 17.0 Å². The van der Waals surface area contributed by atoms with E-state index >= 15 is 0 Å². The first-order chi connectivity index (χ1) is 9.13. The molecule has 1 atom stereocenters. The second-order valence-electron chi connectivity index (χ2n) is 4.11. The Kier molecular flexibility index (Phi) is 3.67. The number of nitriles is 1. The number of benzene rings is 2. The Bertz CT molecular complexity index is 634. The van der Waals surface area contributed by atoms with Crippen molar-refractivity contribution in [2.24, 2.45) is 0 Å². The lowest BCUT2D eigenvalue weighted by Gasteiger charge is -2.17. The van der Waals surface area contributed by atoms with Gasteiger partial charge in [0.25, 0.3) is 0 Å². The Morgan fingerprint density at radius 3 is 2.63 bits per heavy atom. The van der Waals surface area contributed by atoms with Gasteiger partial charge in [-0.2, -0.15) is 5.26 Å². The van der Waals surface area contributed by atoms with Crippen LogP contribution in [0.25, 0.3) is 0 Å². The maximum Gasteiger partial charge on any atom is 0.140 e. The molecule has 0 aromatic heterocycles. The van der Waals surface area contributed by atoms with Gasteiger partial charge in [0.15, 0.2) is 0 Å². The number of hydrogen-bond donors (Lipinski definition) is 1. The van der Waals surface area contributed by atoms with E-state index in [4.69, 9.17) is 15.7 Å². The summed E-state index contributed by atoms with van der Waals surface area (Å²) < 4.78 is 19.3. The van der Waals surface area contributed by atoms with Crippen LogP contribution in [0.3, 0.4) is 0 Å². The third-order valence-corrected chi connectivity index (χ3v) is 2.82. The van der Waals surface area contributed by atoms with Crippen LogP contribution in [0, 0.1) is 17.1 Å². The highest BCUT2D eigenvalue weighted by molar-refractivity contribution is 5.60. The predicted octanol–water partition coefficient (Wildman–Crippen LogP) is 3.42. The Morgan fingerprint density at radius 1 is 1.21 bits per heavy atom. The van der Waals surface area contributed by atoms with Gasteiger partial charge in [0.05, 0.1) is 5.69 Å². The summed E-state index contributed by atoms with van der Waals surface area (Å²) in [4.78, 5) is 0. The standard InChI is InChI=1S/C15H13FN2O/c1-10(11-5-2-3-6-13(11)16)19-15-8-4-7-14(18)12(15)9-17/h2-8,10H,18H2,1H3. The number of hydrogen-bond acceptors (Lipinski definition) is 3. The molecule has 1 unspecified atom stereocenters. The lowest BCUT2D eigenvalue weighted by Crippen LogP contribution is -2.07. The Labute approximate surface area is 111 Å². The molecule has 2 aromatic carbocycles. The number of nitrogen functional groups attached to an aromatic ring is 1. The van der Waals surface area contributed by atoms with Gasteiger partial charge in [-0.25, -0.2) is 4.39 Å². The second kappa shape index (κ2) is 5.40. The number of rotatable bonds is 3. The van der Waals surface area contributed by atoms with Gasteiger partial charge in [-0.15, -0.1) is 0 Å². The molecule has 0 bridgehead atoms. The molecule has 2 rings (SSSR count). The molecule has 0 aliphatic carbocycles. The zero-order valence-electron chi connectivity index (χ0n) is 10.4. The fraction of sp³-hybridized carbons (Fsp3) is 0.133. The SMILES string of the molecule is CC(Oc1cccc(N)c1C#N)c1ccccc1F. The molecule has 0 amide bonds. The molecule has 0 saturated carbocycles. The zero-order chi connectivity index (χ0) is 13.8. The molecule has 0 heterocycles. The van der Waals surface area contributed by atoms with Crippen molar-refractivity contribution in [3.05, 3.63) is 59.4 Å². The van der Waals surface area contributed by atoms with Gasteiger partial charge in [-0.1, -0.05) is 24.3 Å². The number of halogens is 1. The molecular formula is C15H13FN2O. The molecule has 19 heavy (non-hydrogen) atoms. The molecular weight excluding hydrogens is 243 g/mol. The van der Waals surface area contributed by atoms with Crippen molar-refractivity contribution in [3.8, 4) is 11.8 Å². The fourth-order valence-corrected chi connectivity index (χ4v) is 1.82. The van der Waals surface area contributed by atoms with Crippen LogP contribution in [0.4, 0.5) is 10.1 Å². The highest BCUT2D eigenvalue weighted by Crippen LogP contribution is 2.29. The maximum atomic E-state index is 13.6. The smallest absolute Gasteiger partial charge is 0.140 e. The number of nitrogens with two attached hydrogens (primary N) is 1. The van der Waals surface area contributed by atoms with Crippen molar-refractivity contribution >= 4 is 5.69 Å². The van der Waals surface area contributed by atoms with Crippen LogP contribution in [-0.2, 0) is 0 Å². The first-order valence-electron chi connectivity index (χ1n) is 5.83. The minimum absolute atomic E-state index is 0.269. The molecule has 0 aliphatic rings. The van der Waals surface area contributed by atoms with E-state index in [1.54, 1.807) is 43.3 Å². The maximum absolute atomic E-state index is 13.6. The topological polar surface area (TPSA) is 59.0 Å². The monoisotopic (exact) mass is 256 g/mol. The predicted molar refractivity (Wildman–Crippen MR) is 71.0 cm³/mol. The summed E-state index contributed by atoms with van der Waals surface area (Å²) >= 11 is 0. The number of anilines is 1. The Hall–Kier alpha value is -2.54. The van der Waals surface area contributed by atoms with Crippen LogP contribution in [-0.4, -0.2) is 0 Å². The third kappa shape index (κ3) is 2.66. The van der Waals surface area contributed by atoms with Gasteiger partial charge in [0.2, 0.25) is 0 Å². The summed E-state index contributed by atoms with van der Waals surface area (Å²) in [6.07, 6.45) is -0.505. The van der Waals surface area contributed by atoms with E-state index < -0.39 is 6.10 Å². The quantitative estimate of drug-likeness (QED) is 0.856. The van der Waals surface area contributed by atoms with Gasteiger partial charge in [0, 0.05) is 5.56 Å². The highest BCUT2D eigenvalue weighted by atomic mass is 19.1. The summed E-state index contributed by atoms with van der Waals surface area (Å²) in [7, 11) is 0. The average molecular weight is 256 g/mol. The zero-order valence-corrected chi connectivity index (χ0v) is 10.4. The van der Waals surface area contributed by atoms with Crippen LogP contribution in [0.2, 0.25) is 0 Å². The Morgan fingerprint density at radius 2 is 1.95 bits per heavy atom. The van der Waals surface area contributed by atoms with Crippen LogP contribution >= 0.6 is 0 Å². The minimum Gasteiger partial charge on any atom is -0.484 e. The van der Waals surface area contributed by atoms with Crippen LogP contribution in [0.1, 0.15) is 24.2 Å². The summed E-state index contributed by atoms with van der Waals surface area (Å²) in [6.45, 7) is 1.72. The van der Waals surface area contributed by atoms with Gasteiger partial charge in [-0.05, 0) is 25.1 Å². The lowest BCUT2D eigenvalue weighted by molar-refractivity contribution is 0.221. The molecule has 0 radical (unpaired) electrons. The molecule has 0 aliphatic heterocycles. The first-order valence-corrected chi connectivity index (χ1v) is 5.83.